The Labute approximate surface area is 777 Å². The molecule has 9 nitrogen and oxygen atoms in total. The van der Waals surface area contributed by atoms with Gasteiger partial charge in [-0.1, -0.05) is 400 Å². The van der Waals surface area contributed by atoms with Gasteiger partial charge in [0.1, 0.15) is 16.9 Å². The summed E-state index contributed by atoms with van der Waals surface area (Å²) in [5.74, 6) is 0. The molecule has 12 heteroatoms. The molecular formula is C123H81N6O3P3. The topological polar surface area (TPSA) is 103 Å². The van der Waals surface area contributed by atoms with Gasteiger partial charge in [0.25, 0.3) is 0 Å². The average Bonchev–Trinajstić information content (AvgIpc) is 1.66. The summed E-state index contributed by atoms with van der Waals surface area (Å²) in [7, 11) is -9.48. The van der Waals surface area contributed by atoms with Crippen LogP contribution in [0.15, 0.2) is 491 Å². The van der Waals surface area contributed by atoms with Crippen LogP contribution in [0.5, 0.6) is 0 Å². The van der Waals surface area contributed by atoms with Gasteiger partial charge in [0, 0.05) is 80.1 Å². The Balaban J connectivity index is 0.000000108. The third kappa shape index (κ3) is 13.1. The zero-order valence-electron chi connectivity index (χ0n) is 73.0. The number of aromatic nitrogens is 6. The van der Waals surface area contributed by atoms with Crippen LogP contribution < -0.4 is 47.7 Å². The van der Waals surface area contributed by atoms with Crippen molar-refractivity contribution >= 4 is 217 Å². The summed E-state index contributed by atoms with van der Waals surface area (Å²) < 4.78 is 53.1. The van der Waals surface area contributed by atoms with E-state index in [1.54, 1.807) is 0 Å². The van der Waals surface area contributed by atoms with Crippen molar-refractivity contribution in [3.63, 3.8) is 0 Å². The number of hydrogen-bond donors (Lipinski definition) is 0. The fraction of sp³-hybridized carbons (Fsp3) is 0. The van der Waals surface area contributed by atoms with Gasteiger partial charge < -0.3 is 13.7 Å². The van der Waals surface area contributed by atoms with E-state index in [0.29, 0.717) is 0 Å². The van der Waals surface area contributed by atoms with Crippen LogP contribution in [-0.2, 0) is 13.7 Å². The number of hydrogen-bond acceptors (Lipinski definition) is 6. The smallest absolute Gasteiger partial charge is 0.171 e. The zero-order chi connectivity index (χ0) is 89.9. The monoisotopic (exact) mass is 1780 g/mol. The molecule has 21 aromatic carbocycles. The van der Waals surface area contributed by atoms with Crippen molar-refractivity contribution in [2.45, 2.75) is 0 Å². The van der Waals surface area contributed by atoms with E-state index >= 15 is 13.7 Å². The number of imidazole rings is 3. The SMILES string of the molecule is O=P(c1ccccc1)(c1ccccc1)c1ccc(-c2ccc3c(c2)c2ccccc2c2nc4ccccc4n32)c2ccccc12.O=P(c1ccccc1)(c1ccccc1)c1ccc(-c2ccc3c(c2)c2ccccc2n2c4ccccc4nc32)c2ccccc12.O=P(c1ccccc1)(c1ccccc1)c1ccc(-c2ccc3c4ccccc4c4nc5ccccc5n4c3c2)c2ccccc12. The number of fused-ring (bicyclic) bond motifs is 27. The van der Waals surface area contributed by atoms with Gasteiger partial charge in [0.2, 0.25) is 0 Å². The van der Waals surface area contributed by atoms with Crippen molar-refractivity contribution in [2.24, 2.45) is 0 Å². The quantitative estimate of drug-likeness (QED) is 0.0892. The fourth-order valence-electron chi connectivity index (χ4n) is 21.0. The lowest BCUT2D eigenvalue weighted by Gasteiger charge is -2.23. The average molecular weight is 1780 g/mol. The summed E-state index contributed by atoms with van der Waals surface area (Å²) in [4.78, 5) is 15.2. The van der Waals surface area contributed by atoms with E-state index in [9.17, 15) is 0 Å². The first kappa shape index (κ1) is 80.6. The van der Waals surface area contributed by atoms with Crippen LogP contribution in [0.2, 0.25) is 0 Å². The summed E-state index contributed by atoms with van der Waals surface area (Å²) in [6.07, 6.45) is 0. The first-order valence-corrected chi connectivity index (χ1v) is 50.6. The normalized spacial score (nSPS) is 12.1. The highest BCUT2D eigenvalue weighted by Crippen LogP contribution is 2.51. The van der Waals surface area contributed by atoms with E-state index in [4.69, 9.17) is 15.0 Å². The molecule has 0 saturated heterocycles. The molecule has 0 aliphatic heterocycles. The predicted molar refractivity (Wildman–Crippen MR) is 570 cm³/mol. The zero-order valence-corrected chi connectivity index (χ0v) is 75.7. The number of benzene rings is 21. The first-order chi connectivity index (χ1) is 66.6. The van der Waals surface area contributed by atoms with Gasteiger partial charge in [0.15, 0.2) is 21.4 Å². The summed E-state index contributed by atoms with van der Waals surface area (Å²) in [5.41, 5.74) is 19.2. The Hall–Kier alpha value is -16.5. The molecule has 636 valence electrons. The molecule has 0 N–H and O–H groups in total. The third-order valence-corrected chi connectivity index (χ3v) is 36.5. The molecule has 0 spiro atoms. The lowest BCUT2D eigenvalue weighted by molar-refractivity contribution is 0.592. The second-order valence-corrected chi connectivity index (χ2v) is 42.7. The van der Waals surface area contributed by atoms with E-state index < -0.39 is 21.4 Å². The Morgan fingerprint density at radius 3 is 0.756 bits per heavy atom. The molecule has 135 heavy (non-hydrogen) atoms. The van der Waals surface area contributed by atoms with Gasteiger partial charge in [-0.25, -0.2) is 15.0 Å². The van der Waals surface area contributed by atoms with Crippen LogP contribution >= 0.6 is 21.4 Å². The Morgan fingerprint density at radius 1 is 0.156 bits per heavy atom. The Morgan fingerprint density at radius 2 is 0.393 bits per heavy atom. The van der Waals surface area contributed by atoms with Crippen molar-refractivity contribution in [2.75, 3.05) is 0 Å². The Kier molecular flexibility index (Phi) is 19.6. The number of rotatable bonds is 12. The van der Waals surface area contributed by atoms with Crippen LogP contribution in [-0.4, -0.2) is 28.2 Å². The van der Waals surface area contributed by atoms with Crippen molar-refractivity contribution in [1.82, 2.24) is 28.2 Å². The van der Waals surface area contributed by atoms with Crippen LogP contribution in [0.4, 0.5) is 0 Å². The lowest BCUT2D eigenvalue weighted by Crippen LogP contribution is -2.25. The van der Waals surface area contributed by atoms with Gasteiger partial charge in [-0.05, 0) is 173 Å². The predicted octanol–water partition coefficient (Wildman–Crippen LogP) is 27.8. The molecule has 0 unspecified atom stereocenters. The minimum Gasteiger partial charge on any atom is -0.309 e. The number of para-hydroxylation sites is 7. The van der Waals surface area contributed by atoms with Crippen molar-refractivity contribution in [1.29, 1.82) is 0 Å². The molecule has 27 aromatic rings. The van der Waals surface area contributed by atoms with Crippen molar-refractivity contribution in [3.05, 3.63) is 491 Å². The molecule has 0 bridgehead atoms. The van der Waals surface area contributed by atoms with Crippen LogP contribution in [0, 0.1) is 0 Å². The summed E-state index contributed by atoms with van der Waals surface area (Å²) in [5, 5.41) is 24.3. The second-order valence-electron chi connectivity index (χ2n) is 34.5. The summed E-state index contributed by atoms with van der Waals surface area (Å²) in [6.45, 7) is 0. The maximum absolute atomic E-state index is 15.4. The molecule has 0 aliphatic carbocycles. The van der Waals surface area contributed by atoms with Crippen molar-refractivity contribution in [3.8, 4) is 33.4 Å². The van der Waals surface area contributed by atoms with Gasteiger partial charge in [-0.2, -0.15) is 0 Å². The van der Waals surface area contributed by atoms with Gasteiger partial charge in [-0.15, -0.1) is 0 Å². The number of pyridine rings is 3. The van der Waals surface area contributed by atoms with Crippen LogP contribution in [0.25, 0.3) is 181 Å². The molecular weight excluding hydrogens is 1700 g/mol. The molecule has 0 fully saturated rings. The highest BCUT2D eigenvalue weighted by molar-refractivity contribution is 7.86. The third-order valence-electron chi connectivity index (χ3n) is 27.1. The van der Waals surface area contributed by atoms with Gasteiger partial charge in [0.05, 0.1) is 49.7 Å². The largest absolute Gasteiger partial charge is 0.309 e. The molecule has 27 rings (SSSR count). The first-order valence-electron chi connectivity index (χ1n) is 45.5. The van der Waals surface area contributed by atoms with E-state index in [0.717, 1.165) is 196 Å². The fourth-order valence-corrected chi connectivity index (χ4v) is 29.5. The summed E-state index contributed by atoms with van der Waals surface area (Å²) in [6, 6.07) is 168. The molecule has 0 radical (unpaired) electrons. The molecule has 6 aromatic heterocycles. The minimum atomic E-state index is -3.16. The van der Waals surface area contributed by atoms with Crippen molar-refractivity contribution < 1.29 is 13.7 Å². The number of nitrogens with zero attached hydrogens (tertiary/aromatic N) is 6. The van der Waals surface area contributed by atoms with E-state index in [2.05, 4.69) is 286 Å². The van der Waals surface area contributed by atoms with E-state index in [-0.39, 0.29) is 0 Å². The lowest BCUT2D eigenvalue weighted by atomic mass is 9.95. The molecule has 0 aliphatic rings. The summed E-state index contributed by atoms with van der Waals surface area (Å²) >= 11 is 0. The van der Waals surface area contributed by atoms with E-state index in [1.165, 1.54) is 32.3 Å². The highest BCUT2D eigenvalue weighted by atomic mass is 31.2. The van der Waals surface area contributed by atoms with Crippen LogP contribution in [0.1, 0.15) is 0 Å². The minimum absolute atomic E-state index is 0.834. The maximum atomic E-state index is 15.4. The second kappa shape index (κ2) is 32.8. The molecule has 0 amide bonds. The van der Waals surface area contributed by atoms with Crippen LogP contribution in [0.3, 0.4) is 0 Å². The highest BCUT2D eigenvalue weighted by Gasteiger charge is 2.36. The molecule has 0 atom stereocenters. The molecule has 6 heterocycles. The van der Waals surface area contributed by atoms with E-state index in [1.807, 2.05) is 218 Å². The van der Waals surface area contributed by atoms with Gasteiger partial charge in [-0.3, -0.25) is 13.2 Å². The standard InChI is InChI=1S/3C41H27N2OP/c44-45(29-13-3-1-4-14-29,30-15-5-2-6-16-30)40-26-24-31(32-17-7-9-19-34(32)40)28-23-25-38-36(27-28)33-18-8-10-20-35(33)41-42-37-21-11-12-22-39(37)43(38)41;44-45(29-13-3-1-4-14-29,30-15-5-2-6-16-30)40-26-25-31(32-17-7-9-19-35(32)40)28-23-24-34-33-18-8-10-20-36(33)41-42-37-21-11-12-22-38(37)43(41)39(34)27-28;44-45(29-13-3-1-4-14-29,30-15-5-2-6-16-30)40-26-25-31(32-17-7-8-19-34(32)40)28-23-24-35-36(27-28)33-18-9-11-21-38(33)43-39-22-12-10-20-37(39)42-41(35)43/h3*1-27H. The Bertz CT molecular complexity index is 9490. The molecule has 0 saturated carbocycles. The maximum Gasteiger partial charge on any atom is 0.171 e. The van der Waals surface area contributed by atoms with Gasteiger partial charge >= 0.3 is 0 Å².